The molecule has 0 spiro atoms. The van der Waals surface area contributed by atoms with E-state index in [1.807, 2.05) is 25.3 Å². The van der Waals surface area contributed by atoms with Crippen LogP contribution in [-0.2, 0) is 9.53 Å². The van der Waals surface area contributed by atoms with E-state index in [1.54, 1.807) is 21.0 Å². The lowest BCUT2D eigenvalue weighted by Crippen LogP contribution is -2.41. The van der Waals surface area contributed by atoms with Crippen LogP contribution in [0.4, 0.5) is 5.82 Å². The summed E-state index contributed by atoms with van der Waals surface area (Å²) in [6.45, 7) is 9.65. The Kier molecular flexibility index (Phi) is 5.61. The van der Waals surface area contributed by atoms with Crippen molar-refractivity contribution < 1.29 is 14.6 Å². The number of anilines is 1. The van der Waals surface area contributed by atoms with Crippen LogP contribution >= 0.6 is 0 Å². The van der Waals surface area contributed by atoms with E-state index < -0.39 is 6.23 Å². The van der Waals surface area contributed by atoms with Gasteiger partial charge in [-0.3, -0.25) is 14.7 Å². The van der Waals surface area contributed by atoms with Crippen LogP contribution in [0.25, 0.3) is 0 Å². The Morgan fingerprint density at radius 2 is 2.08 bits per heavy atom. The van der Waals surface area contributed by atoms with Crippen molar-refractivity contribution >= 4 is 17.7 Å². The largest absolute Gasteiger partial charge is 0.366 e. The molecule has 0 aliphatic carbocycles. The molecule has 1 aliphatic heterocycles. The average Bonchev–Trinajstić information content (AvgIpc) is 2.89. The summed E-state index contributed by atoms with van der Waals surface area (Å²) in [7, 11) is 1.64. The molecular formula is C16H27N5O3. The van der Waals surface area contributed by atoms with Crippen LogP contribution in [-0.4, -0.2) is 33.6 Å². The first-order valence-corrected chi connectivity index (χ1v) is 8.28. The number of imidazole rings is 1. The Hall–Kier alpha value is -1.93. The van der Waals surface area contributed by atoms with Crippen molar-refractivity contribution in [1.29, 1.82) is 0 Å². The van der Waals surface area contributed by atoms with Crippen molar-refractivity contribution in [3.8, 4) is 0 Å². The molecule has 3 N–H and O–H groups in total. The van der Waals surface area contributed by atoms with Crippen LogP contribution < -0.4 is 10.6 Å². The highest BCUT2D eigenvalue weighted by Crippen LogP contribution is 2.35. The Morgan fingerprint density at radius 3 is 2.58 bits per heavy atom. The first-order valence-electron chi connectivity index (χ1n) is 8.28. The van der Waals surface area contributed by atoms with Gasteiger partial charge in [0.05, 0.1) is 0 Å². The van der Waals surface area contributed by atoms with E-state index in [4.69, 9.17) is 4.74 Å². The van der Waals surface area contributed by atoms with E-state index in [0.717, 1.165) is 12.2 Å². The lowest BCUT2D eigenvalue weighted by molar-refractivity contribution is -0.122. The van der Waals surface area contributed by atoms with E-state index in [9.17, 15) is 9.90 Å². The van der Waals surface area contributed by atoms with Gasteiger partial charge < -0.3 is 15.2 Å². The molecule has 1 aromatic rings. The first kappa shape index (κ1) is 18.4. The summed E-state index contributed by atoms with van der Waals surface area (Å²) >= 11 is 0. The van der Waals surface area contributed by atoms with Gasteiger partial charge in [-0.1, -0.05) is 34.6 Å². The number of aliphatic hydroxyl groups excluding tert-OH is 1. The molecule has 2 atom stereocenters. The number of rotatable bonds is 5. The summed E-state index contributed by atoms with van der Waals surface area (Å²) in [5.74, 6) is 1.40. The molecule has 0 fully saturated rings. The van der Waals surface area contributed by atoms with E-state index in [1.165, 1.54) is 0 Å². The molecule has 0 saturated carbocycles. The topological polar surface area (TPSA) is 101 Å². The molecule has 8 nitrogen and oxygen atoms in total. The minimum Gasteiger partial charge on any atom is -0.366 e. The Morgan fingerprint density at radius 1 is 1.42 bits per heavy atom. The smallest absolute Gasteiger partial charge is 0.229 e. The monoisotopic (exact) mass is 337 g/mol. The zero-order chi connectivity index (χ0) is 18.0. The van der Waals surface area contributed by atoms with Gasteiger partial charge in [0, 0.05) is 18.9 Å². The minimum absolute atomic E-state index is 0.141. The fourth-order valence-electron chi connectivity index (χ4n) is 2.58. The van der Waals surface area contributed by atoms with E-state index >= 15 is 0 Å². The number of nitrogens with one attached hydrogen (secondary N) is 2. The molecule has 134 valence electrons. The number of ether oxygens (including phenoxy) is 1. The van der Waals surface area contributed by atoms with Gasteiger partial charge in [0.1, 0.15) is 23.6 Å². The summed E-state index contributed by atoms with van der Waals surface area (Å²) in [6, 6.07) is 0. The maximum atomic E-state index is 11.9. The maximum Gasteiger partial charge on any atom is 0.229 e. The molecule has 1 aromatic heterocycles. The number of hydrogen-bond donors (Lipinski definition) is 3. The summed E-state index contributed by atoms with van der Waals surface area (Å²) in [5, 5.41) is 16.1. The lowest BCUT2D eigenvalue weighted by Gasteiger charge is -2.25. The highest BCUT2D eigenvalue weighted by molar-refractivity contribution is 6.05. The third-order valence-electron chi connectivity index (χ3n) is 3.89. The van der Waals surface area contributed by atoms with Crippen molar-refractivity contribution in [3.63, 3.8) is 0 Å². The average molecular weight is 337 g/mol. The fourth-order valence-corrected chi connectivity index (χ4v) is 2.58. The minimum atomic E-state index is -1.13. The lowest BCUT2D eigenvalue weighted by atomic mass is 10.2. The number of guanidine groups is 1. The van der Waals surface area contributed by atoms with Crippen LogP contribution in [0.2, 0.25) is 0 Å². The molecule has 24 heavy (non-hydrogen) atoms. The number of methoxy groups -OCH3 is 1. The van der Waals surface area contributed by atoms with Crippen molar-refractivity contribution in [2.24, 2.45) is 10.9 Å². The van der Waals surface area contributed by atoms with Crippen LogP contribution in [0.15, 0.2) is 4.99 Å². The van der Waals surface area contributed by atoms with Crippen LogP contribution in [0.1, 0.15) is 70.9 Å². The van der Waals surface area contributed by atoms with Crippen LogP contribution in [0.3, 0.4) is 0 Å². The highest BCUT2D eigenvalue weighted by Gasteiger charge is 2.31. The number of aromatic nitrogens is 2. The van der Waals surface area contributed by atoms with Gasteiger partial charge in [0.25, 0.3) is 0 Å². The molecule has 2 rings (SSSR count). The van der Waals surface area contributed by atoms with E-state index in [0.29, 0.717) is 11.5 Å². The number of aliphatic hydroxyl groups is 1. The van der Waals surface area contributed by atoms with Gasteiger partial charge in [-0.05, 0) is 6.42 Å². The SMILES string of the molecule is CCC(OC)n1c(C(C)C)nc2c1NC(NC(=O)C(C)C)=NC2O. The zero-order valence-corrected chi connectivity index (χ0v) is 15.1. The quantitative estimate of drug-likeness (QED) is 0.764. The van der Waals surface area contributed by atoms with Crippen LogP contribution in [0, 0.1) is 5.92 Å². The summed E-state index contributed by atoms with van der Waals surface area (Å²) in [5.41, 5.74) is 0.441. The first-order chi connectivity index (χ1) is 11.3. The van der Waals surface area contributed by atoms with Crippen molar-refractivity contribution in [2.75, 3.05) is 12.4 Å². The standard InChI is InChI=1S/C16H27N5O3/c1-7-10(24-6)21-12(8(2)3)17-11-13(21)18-16(20-15(11)23)19-14(22)9(4)5/h8-10,15,23H,7H2,1-6H3,(H2,18,19,20,22). The number of aliphatic imine (C=N–C) groups is 1. The van der Waals surface area contributed by atoms with Crippen molar-refractivity contribution in [2.45, 2.75) is 59.4 Å². The fraction of sp³-hybridized carbons (Fsp3) is 0.688. The molecular weight excluding hydrogens is 310 g/mol. The number of amides is 1. The zero-order valence-electron chi connectivity index (χ0n) is 15.1. The van der Waals surface area contributed by atoms with Gasteiger partial charge in [-0.15, -0.1) is 0 Å². The number of carbonyl (C=O) groups excluding carboxylic acids is 1. The normalized spacial score (nSPS) is 18.2. The second-order valence-corrected chi connectivity index (χ2v) is 6.45. The highest BCUT2D eigenvalue weighted by atomic mass is 16.5. The third-order valence-corrected chi connectivity index (χ3v) is 3.89. The van der Waals surface area contributed by atoms with Gasteiger partial charge >= 0.3 is 0 Å². The van der Waals surface area contributed by atoms with Crippen molar-refractivity contribution in [3.05, 3.63) is 11.5 Å². The molecule has 0 saturated heterocycles. The van der Waals surface area contributed by atoms with Crippen LogP contribution in [0.5, 0.6) is 0 Å². The summed E-state index contributed by atoms with van der Waals surface area (Å²) < 4.78 is 7.49. The predicted octanol–water partition coefficient (Wildman–Crippen LogP) is 2.11. The predicted molar refractivity (Wildman–Crippen MR) is 91.7 cm³/mol. The molecule has 0 aromatic carbocycles. The van der Waals surface area contributed by atoms with Gasteiger partial charge in [-0.25, -0.2) is 9.98 Å². The molecule has 1 amide bonds. The Labute approximate surface area is 142 Å². The third kappa shape index (κ3) is 3.44. The molecule has 2 heterocycles. The second kappa shape index (κ2) is 7.31. The maximum absolute atomic E-state index is 11.9. The number of fused-ring (bicyclic) bond motifs is 1. The summed E-state index contributed by atoms with van der Waals surface area (Å²) in [6.07, 6.45) is -0.614. The van der Waals surface area contributed by atoms with E-state index in [-0.39, 0.29) is 29.9 Å². The van der Waals surface area contributed by atoms with Gasteiger partial charge in [0.2, 0.25) is 11.9 Å². The van der Waals surface area contributed by atoms with Gasteiger partial charge in [-0.2, -0.15) is 0 Å². The molecule has 0 bridgehead atoms. The van der Waals surface area contributed by atoms with E-state index in [2.05, 4.69) is 20.6 Å². The molecule has 1 aliphatic rings. The Bertz CT molecular complexity index is 632. The second-order valence-electron chi connectivity index (χ2n) is 6.45. The van der Waals surface area contributed by atoms with Crippen molar-refractivity contribution in [1.82, 2.24) is 14.9 Å². The summed E-state index contributed by atoms with van der Waals surface area (Å²) in [4.78, 5) is 20.5. The number of carbonyl (C=O) groups is 1. The molecule has 0 radical (unpaired) electrons. The number of nitrogens with zero attached hydrogens (tertiary/aromatic N) is 3. The Balaban J connectivity index is 2.43. The molecule has 2 unspecified atom stereocenters. The van der Waals surface area contributed by atoms with Gasteiger partial charge in [0.15, 0.2) is 6.23 Å². The molecule has 8 heteroatoms. The number of hydrogen-bond acceptors (Lipinski definition) is 6.